The van der Waals surface area contributed by atoms with Crippen LogP contribution in [0.2, 0.25) is 5.02 Å². The maximum Gasteiger partial charge on any atom is 0.242 e. The van der Waals surface area contributed by atoms with Gasteiger partial charge in [0.2, 0.25) is 5.91 Å². The number of nitrogens with one attached hydrogen (secondary N) is 2. The van der Waals surface area contributed by atoms with Crippen LogP contribution in [0.15, 0.2) is 18.2 Å². The summed E-state index contributed by atoms with van der Waals surface area (Å²) < 4.78 is 0. The molecule has 0 radical (unpaired) electrons. The molecule has 1 amide bonds. The van der Waals surface area contributed by atoms with E-state index in [-0.39, 0.29) is 11.9 Å². The van der Waals surface area contributed by atoms with Crippen LogP contribution in [-0.4, -0.2) is 18.5 Å². The Morgan fingerprint density at radius 3 is 2.82 bits per heavy atom. The van der Waals surface area contributed by atoms with E-state index in [4.69, 9.17) is 11.6 Å². The van der Waals surface area contributed by atoms with Crippen molar-refractivity contribution in [1.82, 2.24) is 5.32 Å². The number of halogens is 1. The molecule has 94 valence electrons. The highest BCUT2D eigenvalue weighted by Gasteiger charge is 2.13. The van der Waals surface area contributed by atoms with E-state index < -0.39 is 0 Å². The molecule has 1 rings (SSSR count). The van der Waals surface area contributed by atoms with Crippen molar-refractivity contribution in [1.29, 1.82) is 0 Å². The summed E-state index contributed by atoms with van der Waals surface area (Å²) in [5.74, 6) is 0.00576. The lowest BCUT2D eigenvalue weighted by Crippen LogP contribution is -2.38. The van der Waals surface area contributed by atoms with Crippen LogP contribution in [-0.2, 0) is 4.79 Å². The van der Waals surface area contributed by atoms with Crippen LogP contribution in [0.5, 0.6) is 0 Å². The van der Waals surface area contributed by atoms with Crippen LogP contribution >= 0.6 is 11.6 Å². The highest BCUT2D eigenvalue weighted by atomic mass is 35.5. The number of rotatable bonds is 5. The van der Waals surface area contributed by atoms with Crippen molar-refractivity contribution in [3.8, 4) is 0 Å². The Kier molecular flexibility index (Phi) is 5.29. The molecular formula is C13H19ClN2O. The number of carbonyl (C=O) groups is 1. The Labute approximate surface area is 108 Å². The van der Waals surface area contributed by atoms with Crippen LogP contribution in [0.3, 0.4) is 0 Å². The lowest BCUT2D eigenvalue weighted by atomic mass is 10.2. The molecular weight excluding hydrogens is 236 g/mol. The summed E-state index contributed by atoms with van der Waals surface area (Å²) in [6, 6.07) is 5.36. The van der Waals surface area contributed by atoms with Gasteiger partial charge >= 0.3 is 0 Å². The molecule has 0 aliphatic heterocycles. The first-order valence-corrected chi connectivity index (χ1v) is 6.23. The molecule has 1 unspecified atom stereocenters. The molecule has 0 bridgehead atoms. The first-order valence-electron chi connectivity index (χ1n) is 5.85. The van der Waals surface area contributed by atoms with Gasteiger partial charge in [0.1, 0.15) is 6.04 Å². The van der Waals surface area contributed by atoms with Crippen LogP contribution in [0, 0.1) is 6.92 Å². The van der Waals surface area contributed by atoms with E-state index in [1.807, 2.05) is 39.0 Å². The number of benzene rings is 1. The van der Waals surface area contributed by atoms with E-state index in [0.29, 0.717) is 11.6 Å². The summed E-state index contributed by atoms with van der Waals surface area (Å²) in [6.07, 6.45) is 0.939. The molecule has 17 heavy (non-hydrogen) atoms. The second-order valence-corrected chi connectivity index (χ2v) is 4.48. The summed E-state index contributed by atoms with van der Waals surface area (Å²) >= 11 is 6.02. The van der Waals surface area contributed by atoms with E-state index in [2.05, 4.69) is 10.6 Å². The van der Waals surface area contributed by atoms with Crippen molar-refractivity contribution in [3.05, 3.63) is 28.8 Å². The van der Waals surface area contributed by atoms with Crippen molar-refractivity contribution >= 4 is 23.2 Å². The van der Waals surface area contributed by atoms with Gasteiger partial charge in [-0.15, -0.1) is 0 Å². The third-order valence-electron chi connectivity index (χ3n) is 2.58. The molecule has 0 saturated heterocycles. The minimum Gasteiger partial charge on any atom is -0.374 e. The lowest BCUT2D eigenvalue weighted by Gasteiger charge is -2.17. The van der Waals surface area contributed by atoms with Gasteiger partial charge in [0.15, 0.2) is 0 Å². The van der Waals surface area contributed by atoms with E-state index in [1.165, 1.54) is 0 Å². The molecule has 1 aromatic rings. The first-order chi connectivity index (χ1) is 8.06. The van der Waals surface area contributed by atoms with Gasteiger partial charge < -0.3 is 10.6 Å². The summed E-state index contributed by atoms with van der Waals surface area (Å²) in [5, 5.41) is 6.72. The monoisotopic (exact) mass is 254 g/mol. The normalized spacial score (nSPS) is 12.0. The highest BCUT2D eigenvalue weighted by molar-refractivity contribution is 6.31. The number of anilines is 1. The summed E-state index contributed by atoms with van der Waals surface area (Å²) in [4.78, 5) is 11.7. The van der Waals surface area contributed by atoms with Gasteiger partial charge in [-0.25, -0.2) is 0 Å². The quantitative estimate of drug-likeness (QED) is 0.848. The lowest BCUT2D eigenvalue weighted by molar-refractivity contribution is -0.121. The van der Waals surface area contributed by atoms with Gasteiger partial charge in [-0.3, -0.25) is 4.79 Å². The Morgan fingerprint density at radius 1 is 1.47 bits per heavy atom. The van der Waals surface area contributed by atoms with Gasteiger partial charge in [0, 0.05) is 17.3 Å². The topological polar surface area (TPSA) is 41.1 Å². The summed E-state index contributed by atoms with van der Waals surface area (Å²) in [5.41, 5.74) is 1.86. The Bertz CT molecular complexity index is 393. The third kappa shape index (κ3) is 3.93. The van der Waals surface area contributed by atoms with E-state index in [0.717, 1.165) is 17.7 Å². The van der Waals surface area contributed by atoms with Gasteiger partial charge in [0.25, 0.3) is 0 Å². The molecule has 3 nitrogen and oxygen atoms in total. The van der Waals surface area contributed by atoms with Crippen molar-refractivity contribution in [2.75, 3.05) is 11.9 Å². The zero-order valence-corrected chi connectivity index (χ0v) is 11.3. The summed E-state index contributed by atoms with van der Waals surface area (Å²) in [7, 11) is 0. The maximum absolute atomic E-state index is 11.7. The average molecular weight is 255 g/mol. The van der Waals surface area contributed by atoms with Crippen molar-refractivity contribution in [3.63, 3.8) is 0 Å². The molecule has 0 aliphatic carbocycles. The molecule has 0 spiro atoms. The van der Waals surface area contributed by atoms with Gasteiger partial charge in [-0.2, -0.15) is 0 Å². The Balaban J connectivity index is 2.64. The zero-order valence-electron chi connectivity index (χ0n) is 10.5. The smallest absolute Gasteiger partial charge is 0.242 e. The summed E-state index contributed by atoms with van der Waals surface area (Å²) in [6.45, 7) is 6.51. The second kappa shape index (κ2) is 6.50. The minimum absolute atomic E-state index is 0.00576. The van der Waals surface area contributed by atoms with Crippen molar-refractivity contribution in [2.24, 2.45) is 0 Å². The fourth-order valence-electron chi connectivity index (χ4n) is 1.46. The largest absolute Gasteiger partial charge is 0.374 e. The standard InChI is InChI=1S/C13H19ClN2O/c1-4-8-15-13(17)10(3)16-12-7-5-6-11(14)9(12)2/h5-7,10,16H,4,8H2,1-3H3,(H,15,17). The molecule has 4 heteroatoms. The SMILES string of the molecule is CCCNC(=O)C(C)Nc1cccc(Cl)c1C. The van der Waals surface area contributed by atoms with E-state index in [9.17, 15) is 4.79 Å². The van der Waals surface area contributed by atoms with Crippen molar-refractivity contribution < 1.29 is 4.79 Å². The molecule has 2 N–H and O–H groups in total. The first kappa shape index (κ1) is 13.8. The number of hydrogen-bond donors (Lipinski definition) is 2. The minimum atomic E-state index is -0.265. The van der Waals surface area contributed by atoms with Gasteiger partial charge in [-0.05, 0) is 38.0 Å². The number of amides is 1. The predicted molar refractivity (Wildman–Crippen MR) is 72.6 cm³/mol. The Hall–Kier alpha value is -1.22. The number of carbonyl (C=O) groups excluding carboxylic acids is 1. The second-order valence-electron chi connectivity index (χ2n) is 4.07. The molecule has 0 aromatic heterocycles. The molecule has 0 saturated carbocycles. The predicted octanol–water partition coefficient (Wildman–Crippen LogP) is 2.98. The van der Waals surface area contributed by atoms with Crippen LogP contribution in [0.25, 0.3) is 0 Å². The molecule has 0 aliphatic rings. The molecule has 1 aromatic carbocycles. The third-order valence-corrected chi connectivity index (χ3v) is 2.99. The fraction of sp³-hybridized carbons (Fsp3) is 0.462. The number of hydrogen-bond acceptors (Lipinski definition) is 2. The van der Waals surface area contributed by atoms with Crippen molar-refractivity contribution in [2.45, 2.75) is 33.2 Å². The highest BCUT2D eigenvalue weighted by Crippen LogP contribution is 2.23. The zero-order chi connectivity index (χ0) is 12.8. The molecule has 0 heterocycles. The van der Waals surface area contributed by atoms with E-state index in [1.54, 1.807) is 0 Å². The molecule has 0 fully saturated rings. The average Bonchev–Trinajstić information content (AvgIpc) is 2.31. The maximum atomic E-state index is 11.7. The van der Waals surface area contributed by atoms with Crippen LogP contribution in [0.1, 0.15) is 25.8 Å². The van der Waals surface area contributed by atoms with Crippen LogP contribution < -0.4 is 10.6 Å². The fourth-order valence-corrected chi connectivity index (χ4v) is 1.64. The Morgan fingerprint density at radius 2 is 2.18 bits per heavy atom. The van der Waals surface area contributed by atoms with Gasteiger partial charge in [0.05, 0.1) is 0 Å². The van der Waals surface area contributed by atoms with E-state index >= 15 is 0 Å². The van der Waals surface area contributed by atoms with Gasteiger partial charge in [-0.1, -0.05) is 24.6 Å². The van der Waals surface area contributed by atoms with Crippen LogP contribution in [0.4, 0.5) is 5.69 Å². The molecule has 1 atom stereocenters.